The zero-order valence-electron chi connectivity index (χ0n) is 13.7. The van der Waals surface area contributed by atoms with Gasteiger partial charge in [0.2, 0.25) is 5.91 Å². The second-order valence-electron chi connectivity index (χ2n) is 6.07. The summed E-state index contributed by atoms with van der Waals surface area (Å²) in [6.45, 7) is 2.07. The highest BCUT2D eigenvalue weighted by Gasteiger charge is 2.39. The van der Waals surface area contributed by atoms with Gasteiger partial charge in [0.05, 0.1) is 7.11 Å². The first-order valence-corrected chi connectivity index (χ1v) is 7.93. The molecule has 1 aliphatic rings. The molecule has 24 heavy (non-hydrogen) atoms. The molecule has 5 heteroatoms. The second kappa shape index (κ2) is 6.74. The summed E-state index contributed by atoms with van der Waals surface area (Å²) in [5, 5.41) is 5.70. The van der Waals surface area contributed by atoms with Crippen LogP contribution in [0.5, 0.6) is 5.75 Å². The molecule has 5 nitrogen and oxygen atoms in total. The van der Waals surface area contributed by atoms with Gasteiger partial charge in [0, 0.05) is 22.9 Å². The van der Waals surface area contributed by atoms with Gasteiger partial charge in [-0.25, -0.2) is 0 Å². The van der Waals surface area contributed by atoms with Crippen LogP contribution in [-0.4, -0.2) is 18.9 Å². The fourth-order valence-corrected chi connectivity index (χ4v) is 2.50. The van der Waals surface area contributed by atoms with Crippen LogP contribution >= 0.6 is 0 Å². The molecule has 2 aromatic carbocycles. The fourth-order valence-electron chi connectivity index (χ4n) is 2.50. The monoisotopic (exact) mass is 324 g/mol. The van der Waals surface area contributed by atoms with E-state index < -0.39 is 0 Å². The van der Waals surface area contributed by atoms with Gasteiger partial charge < -0.3 is 15.4 Å². The molecule has 1 aliphatic carbocycles. The Morgan fingerprint density at radius 2 is 1.50 bits per heavy atom. The summed E-state index contributed by atoms with van der Waals surface area (Å²) < 4.78 is 5.08. The topological polar surface area (TPSA) is 67.4 Å². The summed E-state index contributed by atoms with van der Waals surface area (Å²) in [6.07, 6.45) is 0.953. The van der Waals surface area contributed by atoms with Crippen LogP contribution in [0, 0.1) is 11.8 Å². The van der Waals surface area contributed by atoms with E-state index in [0.29, 0.717) is 22.9 Å². The van der Waals surface area contributed by atoms with E-state index >= 15 is 0 Å². The van der Waals surface area contributed by atoms with Crippen molar-refractivity contribution in [2.24, 2.45) is 11.8 Å². The number of rotatable bonds is 5. The molecule has 2 unspecified atom stereocenters. The lowest BCUT2D eigenvalue weighted by Crippen LogP contribution is -2.15. The van der Waals surface area contributed by atoms with E-state index in [0.717, 1.165) is 12.2 Å². The van der Waals surface area contributed by atoms with Gasteiger partial charge in [-0.15, -0.1) is 0 Å². The van der Waals surface area contributed by atoms with Crippen molar-refractivity contribution in [3.8, 4) is 5.75 Å². The van der Waals surface area contributed by atoms with Crippen molar-refractivity contribution in [2.75, 3.05) is 17.7 Å². The number of carbonyl (C=O) groups excluding carboxylic acids is 2. The van der Waals surface area contributed by atoms with Gasteiger partial charge >= 0.3 is 0 Å². The van der Waals surface area contributed by atoms with E-state index in [1.54, 1.807) is 55.6 Å². The minimum atomic E-state index is -0.200. The summed E-state index contributed by atoms with van der Waals surface area (Å²) in [7, 11) is 1.60. The molecule has 2 atom stereocenters. The zero-order valence-corrected chi connectivity index (χ0v) is 13.7. The van der Waals surface area contributed by atoms with Crippen LogP contribution in [0.25, 0.3) is 0 Å². The smallest absolute Gasteiger partial charge is 0.255 e. The average Bonchev–Trinajstić information content (AvgIpc) is 3.33. The molecule has 0 bridgehead atoms. The molecular weight excluding hydrogens is 304 g/mol. The summed E-state index contributed by atoms with van der Waals surface area (Å²) >= 11 is 0. The number of amides is 2. The number of hydrogen-bond donors (Lipinski definition) is 2. The summed E-state index contributed by atoms with van der Waals surface area (Å²) in [5.41, 5.74) is 1.93. The van der Waals surface area contributed by atoms with Crippen LogP contribution in [0.4, 0.5) is 11.4 Å². The van der Waals surface area contributed by atoms with Crippen LogP contribution < -0.4 is 15.4 Å². The van der Waals surface area contributed by atoms with Gasteiger partial charge in [-0.1, -0.05) is 6.92 Å². The Kier molecular flexibility index (Phi) is 4.51. The van der Waals surface area contributed by atoms with Crippen molar-refractivity contribution >= 4 is 23.2 Å². The maximum Gasteiger partial charge on any atom is 0.255 e. The van der Waals surface area contributed by atoms with Gasteiger partial charge in [-0.05, 0) is 60.9 Å². The number of benzene rings is 2. The highest BCUT2D eigenvalue weighted by atomic mass is 16.5. The van der Waals surface area contributed by atoms with Crippen molar-refractivity contribution in [2.45, 2.75) is 13.3 Å². The second-order valence-corrected chi connectivity index (χ2v) is 6.07. The first kappa shape index (κ1) is 16.1. The molecule has 0 aromatic heterocycles. The SMILES string of the molecule is COc1ccc(NC(=O)c2ccc(NC(=O)C3CC3C)cc2)cc1. The minimum absolute atomic E-state index is 0.0536. The number of ether oxygens (including phenoxy) is 1. The predicted octanol–water partition coefficient (Wildman–Crippen LogP) is 3.54. The summed E-state index contributed by atoms with van der Waals surface area (Å²) in [5.74, 6) is 1.19. The molecule has 3 rings (SSSR count). The molecule has 1 fully saturated rings. The van der Waals surface area contributed by atoms with E-state index in [-0.39, 0.29) is 17.7 Å². The van der Waals surface area contributed by atoms with Crippen LogP contribution in [-0.2, 0) is 4.79 Å². The lowest BCUT2D eigenvalue weighted by atomic mass is 10.2. The number of nitrogens with one attached hydrogen (secondary N) is 2. The minimum Gasteiger partial charge on any atom is -0.497 e. The van der Waals surface area contributed by atoms with E-state index in [2.05, 4.69) is 17.6 Å². The molecule has 0 aliphatic heterocycles. The van der Waals surface area contributed by atoms with Crippen molar-refractivity contribution in [3.05, 3.63) is 54.1 Å². The van der Waals surface area contributed by atoms with Crippen molar-refractivity contribution < 1.29 is 14.3 Å². The fraction of sp³-hybridized carbons (Fsp3) is 0.263. The average molecular weight is 324 g/mol. The Labute approximate surface area is 141 Å². The maximum atomic E-state index is 12.2. The number of hydrogen-bond acceptors (Lipinski definition) is 3. The number of anilines is 2. The summed E-state index contributed by atoms with van der Waals surface area (Å²) in [6, 6.07) is 14.0. The van der Waals surface area contributed by atoms with Crippen LogP contribution in [0.15, 0.2) is 48.5 Å². The Morgan fingerprint density at radius 1 is 0.958 bits per heavy atom. The Bertz CT molecular complexity index is 738. The highest BCUT2D eigenvalue weighted by Crippen LogP contribution is 2.38. The molecule has 0 radical (unpaired) electrons. The zero-order chi connectivity index (χ0) is 17.1. The van der Waals surface area contributed by atoms with Crippen LogP contribution in [0.1, 0.15) is 23.7 Å². The third-order valence-corrected chi connectivity index (χ3v) is 4.21. The molecule has 2 amide bonds. The third kappa shape index (κ3) is 3.74. The van der Waals surface area contributed by atoms with Crippen LogP contribution in [0.2, 0.25) is 0 Å². The Balaban J connectivity index is 1.59. The molecular formula is C19H20N2O3. The predicted molar refractivity (Wildman–Crippen MR) is 93.3 cm³/mol. The maximum absolute atomic E-state index is 12.2. The highest BCUT2D eigenvalue weighted by molar-refractivity contribution is 6.04. The molecule has 2 aromatic rings. The van der Waals surface area contributed by atoms with Gasteiger partial charge in [0.15, 0.2) is 0 Å². The molecule has 0 saturated heterocycles. The molecule has 0 spiro atoms. The Hall–Kier alpha value is -2.82. The van der Waals surface area contributed by atoms with Crippen LogP contribution in [0.3, 0.4) is 0 Å². The van der Waals surface area contributed by atoms with Crippen molar-refractivity contribution in [1.29, 1.82) is 0 Å². The van der Waals surface area contributed by atoms with E-state index in [4.69, 9.17) is 4.74 Å². The number of carbonyl (C=O) groups is 2. The van der Waals surface area contributed by atoms with Crippen molar-refractivity contribution in [3.63, 3.8) is 0 Å². The standard InChI is InChI=1S/C19H20N2O3/c1-12-11-17(12)19(23)21-14-5-3-13(4-6-14)18(22)20-15-7-9-16(24-2)10-8-15/h3-10,12,17H,11H2,1-2H3,(H,20,22)(H,21,23). The first-order valence-electron chi connectivity index (χ1n) is 7.93. The van der Waals surface area contributed by atoms with E-state index in [1.165, 1.54) is 0 Å². The summed E-state index contributed by atoms with van der Waals surface area (Å²) in [4.78, 5) is 24.1. The lowest BCUT2D eigenvalue weighted by Gasteiger charge is -2.08. The van der Waals surface area contributed by atoms with Gasteiger partial charge in [-0.2, -0.15) is 0 Å². The molecule has 1 saturated carbocycles. The largest absolute Gasteiger partial charge is 0.497 e. The van der Waals surface area contributed by atoms with Gasteiger partial charge in [0.1, 0.15) is 5.75 Å². The molecule has 2 N–H and O–H groups in total. The van der Waals surface area contributed by atoms with Crippen molar-refractivity contribution in [1.82, 2.24) is 0 Å². The van der Waals surface area contributed by atoms with E-state index in [1.807, 2.05) is 0 Å². The van der Waals surface area contributed by atoms with Gasteiger partial charge in [-0.3, -0.25) is 9.59 Å². The number of methoxy groups -OCH3 is 1. The van der Waals surface area contributed by atoms with E-state index in [9.17, 15) is 9.59 Å². The third-order valence-electron chi connectivity index (χ3n) is 4.21. The first-order chi connectivity index (χ1) is 11.6. The lowest BCUT2D eigenvalue weighted by molar-refractivity contribution is -0.117. The van der Waals surface area contributed by atoms with Gasteiger partial charge in [0.25, 0.3) is 5.91 Å². The molecule has 124 valence electrons. The molecule has 0 heterocycles. The normalized spacial score (nSPS) is 18.6. The Morgan fingerprint density at radius 3 is 2.04 bits per heavy atom. The quantitative estimate of drug-likeness (QED) is 0.884.